The number of para-hydroxylation sites is 1. The highest BCUT2D eigenvalue weighted by Gasteiger charge is 2.31. The number of benzene rings is 2. The number of fused-ring (bicyclic) bond motifs is 1. The number of piperidine rings is 1. The number of amides is 2. The maximum absolute atomic E-state index is 13.3. The summed E-state index contributed by atoms with van der Waals surface area (Å²) in [5.74, 6) is -0.738. The van der Waals surface area contributed by atoms with Gasteiger partial charge < -0.3 is 14.6 Å². The van der Waals surface area contributed by atoms with Gasteiger partial charge in [0.05, 0.1) is 16.8 Å². The number of nitrogens with one attached hydrogen (secondary N) is 2. The Morgan fingerprint density at radius 2 is 2.00 bits per heavy atom. The summed E-state index contributed by atoms with van der Waals surface area (Å²) in [6.07, 6.45) is 2.44. The van der Waals surface area contributed by atoms with E-state index in [0.29, 0.717) is 29.7 Å². The van der Waals surface area contributed by atoms with Gasteiger partial charge in [-0.3, -0.25) is 19.3 Å². The molecule has 0 saturated carbocycles. The lowest BCUT2D eigenvalue weighted by Gasteiger charge is -2.37. The number of aromatic nitrogens is 3. The van der Waals surface area contributed by atoms with Crippen LogP contribution in [0.25, 0.3) is 22.4 Å². The van der Waals surface area contributed by atoms with Gasteiger partial charge in [-0.05, 0) is 42.7 Å². The van der Waals surface area contributed by atoms with Gasteiger partial charge in [-0.15, -0.1) is 0 Å². The number of aryl methyl sites for hydroxylation is 1. The molecular formula is C25H25N5O4. The maximum Gasteiger partial charge on any atom is 0.419 e. The number of H-pyrrole nitrogens is 1. The average Bonchev–Trinajstić information content (AvgIpc) is 3.49. The van der Waals surface area contributed by atoms with E-state index >= 15 is 0 Å². The van der Waals surface area contributed by atoms with E-state index in [9.17, 15) is 14.4 Å². The van der Waals surface area contributed by atoms with Crippen LogP contribution in [-0.4, -0.2) is 50.6 Å². The van der Waals surface area contributed by atoms with Crippen molar-refractivity contribution in [2.24, 2.45) is 13.0 Å². The van der Waals surface area contributed by atoms with E-state index in [2.05, 4.69) is 22.4 Å². The summed E-state index contributed by atoms with van der Waals surface area (Å²) in [6.45, 7) is 3.08. The molecule has 2 aromatic carbocycles. The Hall–Kier alpha value is -4.14. The van der Waals surface area contributed by atoms with E-state index in [1.807, 2.05) is 24.3 Å². The monoisotopic (exact) mass is 459 g/mol. The van der Waals surface area contributed by atoms with Crippen LogP contribution in [0.3, 0.4) is 0 Å². The molecule has 1 aliphatic heterocycles. The molecule has 1 fully saturated rings. The molecule has 2 unspecified atom stereocenters. The minimum absolute atomic E-state index is 0.0799. The molecule has 5 rings (SSSR count). The van der Waals surface area contributed by atoms with Crippen molar-refractivity contribution in [3.63, 3.8) is 0 Å². The zero-order chi connectivity index (χ0) is 23.8. The highest BCUT2D eigenvalue weighted by Crippen LogP contribution is 2.23. The predicted molar refractivity (Wildman–Crippen MR) is 126 cm³/mol. The third-order valence-corrected chi connectivity index (χ3v) is 6.55. The van der Waals surface area contributed by atoms with E-state index < -0.39 is 5.76 Å². The van der Waals surface area contributed by atoms with Crippen molar-refractivity contribution in [3.05, 3.63) is 76.4 Å². The number of aromatic amines is 1. The van der Waals surface area contributed by atoms with Crippen LogP contribution in [0.1, 0.15) is 34.1 Å². The van der Waals surface area contributed by atoms with Crippen LogP contribution < -0.4 is 11.1 Å². The van der Waals surface area contributed by atoms with Crippen LogP contribution in [0.2, 0.25) is 0 Å². The first-order valence-corrected chi connectivity index (χ1v) is 11.2. The van der Waals surface area contributed by atoms with Crippen LogP contribution in [0, 0.1) is 5.92 Å². The second-order valence-electron chi connectivity index (χ2n) is 8.73. The molecule has 3 heterocycles. The van der Waals surface area contributed by atoms with Gasteiger partial charge in [0.2, 0.25) is 0 Å². The fraction of sp³-hybridized carbons (Fsp3) is 0.280. The van der Waals surface area contributed by atoms with Crippen molar-refractivity contribution in [2.75, 3.05) is 13.1 Å². The fourth-order valence-electron chi connectivity index (χ4n) is 4.44. The van der Waals surface area contributed by atoms with Gasteiger partial charge in [0.1, 0.15) is 0 Å². The summed E-state index contributed by atoms with van der Waals surface area (Å²) < 4.78 is 6.67. The molecule has 0 bridgehead atoms. The van der Waals surface area contributed by atoms with Gasteiger partial charge in [-0.25, -0.2) is 4.79 Å². The first kappa shape index (κ1) is 21.7. The predicted octanol–water partition coefficient (Wildman–Crippen LogP) is 2.80. The van der Waals surface area contributed by atoms with Crippen molar-refractivity contribution in [2.45, 2.75) is 19.4 Å². The number of likely N-dealkylation sites (tertiary alicyclic amines) is 1. The Kier molecular flexibility index (Phi) is 5.53. The minimum atomic E-state index is -0.518. The number of nitrogens with zero attached hydrogens (tertiary/aromatic N) is 3. The third kappa shape index (κ3) is 3.89. The van der Waals surface area contributed by atoms with E-state index in [4.69, 9.17) is 4.42 Å². The SMILES string of the molecule is CC1CCN(C(=O)c2cccc(-c3ccn[nH]3)c2)CC1NC(=O)c1cccc2c1oc(=O)n2C. The van der Waals surface area contributed by atoms with Crippen molar-refractivity contribution in [3.8, 4) is 11.3 Å². The number of oxazole rings is 1. The first-order valence-electron chi connectivity index (χ1n) is 11.2. The Bertz CT molecular complexity index is 1420. The quantitative estimate of drug-likeness (QED) is 0.487. The van der Waals surface area contributed by atoms with Gasteiger partial charge in [0.15, 0.2) is 5.58 Å². The largest absolute Gasteiger partial charge is 0.419 e. The Morgan fingerprint density at radius 3 is 2.79 bits per heavy atom. The van der Waals surface area contributed by atoms with Crippen LogP contribution in [0.4, 0.5) is 0 Å². The molecule has 0 radical (unpaired) electrons. The van der Waals surface area contributed by atoms with E-state index in [-0.39, 0.29) is 29.4 Å². The molecule has 0 aliphatic carbocycles. The molecule has 4 aromatic rings. The summed E-state index contributed by atoms with van der Waals surface area (Å²) in [7, 11) is 1.60. The molecule has 2 amide bonds. The Labute approximate surface area is 195 Å². The standard InChI is InChI=1S/C25H25N5O4/c1-15-10-12-30(24(32)17-6-3-5-16(13-17)19-9-11-26-28-19)14-20(15)27-23(31)18-7-4-8-21-22(18)34-25(33)29(21)2/h3-9,11,13,15,20H,10,12,14H2,1-2H3,(H,26,28)(H,27,31). The van der Waals surface area contributed by atoms with Crippen LogP contribution in [-0.2, 0) is 7.05 Å². The molecule has 0 spiro atoms. The molecule has 2 atom stereocenters. The molecule has 9 heteroatoms. The van der Waals surface area contributed by atoms with Crippen LogP contribution in [0.15, 0.2) is 63.9 Å². The molecule has 2 aromatic heterocycles. The Balaban J connectivity index is 1.34. The van der Waals surface area contributed by atoms with Gasteiger partial charge in [0, 0.05) is 43.5 Å². The lowest BCUT2D eigenvalue weighted by Crippen LogP contribution is -2.53. The smallest absolute Gasteiger partial charge is 0.407 e. The number of carbonyl (C=O) groups is 2. The zero-order valence-electron chi connectivity index (χ0n) is 18.9. The molecule has 174 valence electrons. The van der Waals surface area contributed by atoms with Crippen molar-refractivity contribution in [1.29, 1.82) is 0 Å². The molecule has 34 heavy (non-hydrogen) atoms. The van der Waals surface area contributed by atoms with Crippen molar-refractivity contribution in [1.82, 2.24) is 25.0 Å². The number of carbonyl (C=O) groups excluding carboxylic acids is 2. The second kappa shape index (κ2) is 8.66. The summed E-state index contributed by atoms with van der Waals surface area (Å²) >= 11 is 0. The highest BCUT2D eigenvalue weighted by molar-refractivity contribution is 6.04. The lowest BCUT2D eigenvalue weighted by molar-refractivity contribution is 0.0625. The lowest BCUT2D eigenvalue weighted by atomic mass is 9.92. The summed E-state index contributed by atoms with van der Waals surface area (Å²) in [5, 5.41) is 9.95. The first-order chi connectivity index (χ1) is 16.4. The van der Waals surface area contributed by atoms with E-state index in [1.165, 1.54) is 4.57 Å². The molecule has 1 aliphatic rings. The van der Waals surface area contributed by atoms with Crippen molar-refractivity contribution >= 4 is 22.9 Å². The maximum atomic E-state index is 13.3. The number of hydrogen-bond donors (Lipinski definition) is 2. The van der Waals surface area contributed by atoms with Crippen LogP contribution in [0.5, 0.6) is 0 Å². The minimum Gasteiger partial charge on any atom is -0.407 e. The summed E-state index contributed by atoms with van der Waals surface area (Å²) in [4.78, 5) is 40.1. The average molecular weight is 460 g/mol. The molecular weight excluding hydrogens is 434 g/mol. The van der Waals surface area contributed by atoms with Gasteiger partial charge in [-0.1, -0.05) is 25.1 Å². The van der Waals surface area contributed by atoms with E-state index in [1.54, 1.807) is 42.4 Å². The molecule has 9 nitrogen and oxygen atoms in total. The second-order valence-corrected chi connectivity index (χ2v) is 8.73. The summed E-state index contributed by atoms with van der Waals surface area (Å²) in [5.41, 5.74) is 3.44. The highest BCUT2D eigenvalue weighted by atomic mass is 16.4. The number of rotatable bonds is 4. The van der Waals surface area contributed by atoms with Gasteiger partial charge >= 0.3 is 5.76 Å². The summed E-state index contributed by atoms with van der Waals surface area (Å²) in [6, 6.07) is 14.1. The molecule has 2 N–H and O–H groups in total. The van der Waals surface area contributed by atoms with Gasteiger partial charge in [-0.2, -0.15) is 5.10 Å². The number of hydrogen-bond acceptors (Lipinski definition) is 5. The molecule has 1 saturated heterocycles. The van der Waals surface area contributed by atoms with Crippen molar-refractivity contribution < 1.29 is 14.0 Å². The fourth-order valence-corrected chi connectivity index (χ4v) is 4.44. The zero-order valence-corrected chi connectivity index (χ0v) is 18.9. The van der Waals surface area contributed by atoms with Crippen LogP contribution >= 0.6 is 0 Å². The van der Waals surface area contributed by atoms with E-state index in [0.717, 1.165) is 17.7 Å². The third-order valence-electron chi connectivity index (χ3n) is 6.55. The topological polar surface area (TPSA) is 113 Å². The normalized spacial score (nSPS) is 18.2. The van der Waals surface area contributed by atoms with Gasteiger partial charge in [0.25, 0.3) is 11.8 Å². The Morgan fingerprint density at radius 1 is 1.18 bits per heavy atom.